The van der Waals surface area contributed by atoms with Gasteiger partial charge in [-0.2, -0.15) is 0 Å². The third-order valence-electron chi connectivity index (χ3n) is 5.16. The number of carbonyl (C=O) groups is 3. The van der Waals surface area contributed by atoms with Gasteiger partial charge in [0.05, 0.1) is 12.6 Å². The highest BCUT2D eigenvalue weighted by Crippen LogP contribution is 2.18. The molecule has 2 amide bonds. The average Bonchev–Trinajstić information content (AvgIpc) is 3.20. The normalized spacial score (nSPS) is 13.8. The molecule has 3 atom stereocenters. The van der Waals surface area contributed by atoms with Gasteiger partial charge in [0.2, 0.25) is 11.8 Å². The van der Waals surface area contributed by atoms with Crippen molar-refractivity contribution in [2.75, 3.05) is 6.61 Å². The van der Waals surface area contributed by atoms with Crippen LogP contribution in [0.1, 0.15) is 11.1 Å². The third kappa shape index (κ3) is 5.71. The van der Waals surface area contributed by atoms with E-state index in [4.69, 9.17) is 5.73 Å². The van der Waals surface area contributed by atoms with Gasteiger partial charge in [-0.05, 0) is 23.6 Å². The predicted octanol–water partition coefficient (Wildman–Crippen LogP) is 0.327. The fourth-order valence-electron chi connectivity index (χ4n) is 3.43. The van der Waals surface area contributed by atoms with Crippen LogP contribution in [0, 0.1) is 0 Å². The van der Waals surface area contributed by atoms with Crippen LogP contribution in [0.3, 0.4) is 0 Å². The number of aliphatic carboxylic acids is 1. The number of carboxylic acids is 1. The van der Waals surface area contributed by atoms with Crippen LogP contribution >= 0.6 is 0 Å². The van der Waals surface area contributed by atoms with E-state index in [2.05, 4.69) is 15.6 Å². The molecule has 1 heterocycles. The molecule has 0 fully saturated rings. The molecule has 0 bridgehead atoms. The smallest absolute Gasteiger partial charge is 0.326 e. The first-order valence-electron chi connectivity index (χ1n) is 10.2. The summed E-state index contributed by atoms with van der Waals surface area (Å²) in [5, 5.41) is 24.8. The zero-order valence-corrected chi connectivity index (χ0v) is 17.3. The largest absolute Gasteiger partial charge is 0.480 e. The molecule has 0 aliphatic heterocycles. The number of benzene rings is 2. The number of aromatic amines is 1. The Labute approximate surface area is 184 Å². The molecule has 2 aromatic carbocycles. The highest BCUT2D eigenvalue weighted by atomic mass is 16.4. The summed E-state index contributed by atoms with van der Waals surface area (Å²) in [6.45, 7) is -0.699. The summed E-state index contributed by atoms with van der Waals surface area (Å²) in [7, 11) is 0. The number of hydrogen-bond acceptors (Lipinski definition) is 5. The number of carboxylic acid groups (broad SMARTS) is 1. The van der Waals surface area contributed by atoms with E-state index in [-0.39, 0.29) is 12.8 Å². The molecule has 3 aromatic rings. The van der Waals surface area contributed by atoms with E-state index in [1.165, 1.54) is 0 Å². The molecule has 0 aliphatic rings. The van der Waals surface area contributed by atoms with Gasteiger partial charge in [-0.25, -0.2) is 4.79 Å². The second-order valence-electron chi connectivity index (χ2n) is 7.50. The maximum atomic E-state index is 12.5. The molecule has 0 saturated carbocycles. The zero-order valence-electron chi connectivity index (χ0n) is 17.3. The van der Waals surface area contributed by atoms with Gasteiger partial charge in [0.1, 0.15) is 12.1 Å². The summed E-state index contributed by atoms with van der Waals surface area (Å²) < 4.78 is 0. The highest BCUT2D eigenvalue weighted by Gasteiger charge is 2.28. The summed E-state index contributed by atoms with van der Waals surface area (Å²) in [6.07, 6.45) is 2.06. The minimum Gasteiger partial charge on any atom is -0.480 e. The summed E-state index contributed by atoms with van der Waals surface area (Å²) in [5.41, 5.74) is 8.51. The van der Waals surface area contributed by atoms with Crippen molar-refractivity contribution in [2.24, 2.45) is 5.73 Å². The van der Waals surface area contributed by atoms with Gasteiger partial charge in [0.25, 0.3) is 0 Å². The number of fused-ring (bicyclic) bond motifs is 1. The number of carbonyl (C=O) groups excluding carboxylic acids is 2. The fraction of sp³-hybridized carbons (Fsp3) is 0.261. The van der Waals surface area contributed by atoms with E-state index in [1.54, 1.807) is 36.5 Å². The van der Waals surface area contributed by atoms with Crippen LogP contribution in [0.25, 0.3) is 10.9 Å². The van der Waals surface area contributed by atoms with Crippen molar-refractivity contribution in [2.45, 2.75) is 31.0 Å². The van der Waals surface area contributed by atoms with Crippen LogP contribution in [0.4, 0.5) is 0 Å². The van der Waals surface area contributed by atoms with Crippen LogP contribution in [0.15, 0.2) is 60.8 Å². The molecule has 3 rings (SSSR count). The van der Waals surface area contributed by atoms with Gasteiger partial charge >= 0.3 is 5.97 Å². The second kappa shape index (κ2) is 10.6. The minimum absolute atomic E-state index is 0.0636. The Balaban J connectivity index is 1.60. The van der Waals surface area contributed by atoms with Crippen molar-refractivity contribution < 1.29 is 24.6 Å². The molecule has 0 saturated heterocycles. The number of para-hydroxylation sites is 1. The molecule has 32 heavy (non-hydrogen) atoms. The monoisotopic (exact) mass is 438 g/mol. The van der Waals surface area contributed by atoms with Crippen molar-refractivity contribution in [3.8, 4) is 0 Å². The fourth-order valence-corrected chi connectivity index (χ4v) is 3.43. The SMILES string of the molecule is NC(Cc1c[nH]c2ccccc12)C(=O)NC(CO)C(=O)NC(Cc1ccccc1)C(=O)O. The van der Waals surface area contributed by atoms with E-state index in [1.807, 2.05) is 24.3 Å². The number of nitrogens with one attached hydrogen (secondary N) is 3. The molecule has 9 heteroatoms. The average molecular weight is 438 g/mol. The maximum absolute atomic E-state index is 12.5. The van der Waals surface area contributed by atoms with Crippen LogP contribution < -0.4 is 16.4 Å². The lowest BCUT2D eigenvalue weighted by Gasteiger charge is -2.21. The van der Waals surface area contributed by atoms with Crippen molar-refractivity contribution in [1.29, 1.82) is 0 Å². The molecule has 0 radical (unpaired) electrons. The van der Waals surface area contributed by atoms with E-state index in [0.717, 1.165) is 22.0 Å². The molecule has 1 aromatic heterocycles. The maximum Gasteiger partial charge on any atom is 0.326 e. The van der Waals surface area contributed by atoms with Gasteiger partial charge in [0, 0.05) is 23.5 Å². The Morgan fingerprint density at radius 3 is 2.25 bits per heavy atom. The Hall–Kier alpha value is -3.69. The topological polar surface area (TPSA) is 158 Å². The second-order valence-corrected chi connectivity index (χ2v) is 7.50. The molecular formula is C23H26N4O5. The standard InChI is InChI=1S/C23H26N4O5/c24-17(11-15-12-25-18-9-5-4-8-16(15)18)21(29)27-20(13-28)22(30)26-19(23(31)32)10-14-6-2-1-3-7-14/h1-9,12,17,19-20,25,28H,10-11,13,24H2,(H,26,30)(H,27,29)(H,31,32). The van der Waals surface area contributed by atoms with Crippen LogP contribution in [-0.2, 0) is 27.2 Å². The Kier molecular flexibility index (Phi) is 7.58. The highest BCUT2D eigenvalue weighted by molar-refractivity contribution is 5.92. The lowest BCUT2D eigenvalue weighted by atomic mass is 10.0. The molecule has 0 aliphatic carbocycles. The zero-order chi connectivity index (χ0) is 23.1. The number of nitrogens with two attached hydrogens (primary N) is 1. The van der Waals surface area contributed by atoms with Crippen LogP contribution in [0.2, 0.25) is 0 Å². The van der Waals surface area contributed by atoms with Gasteiger partial charge in [-0.1, -0.05) is 48.5 Å². The number of H-pyrrole nitrogens is 1. The molecule has 0 spiro atoms. The Morgan fingerprint density at radius 2 is 1.56 bits per heavy atom. The first-order valence-corrected chi connectivity index (χ1v) is 10.2. The van der Waals surface area contributed by atoms with Crippen molar-refractivity contribution in [3.63, 3.8) is 0 Å². The van der Waals surface area contributed by atoms with Gasteiger partial charge in [0.15, 0.2) is 0 Å². The van der Waals surface area contributed by atoms with Crippen LogP contribution in [0.5, 0.6) is 0 Å². The lowest BCUT2D eigenvalue weighted by molar-refractivity contribution is -0.142. The molecule has 3 unspecified atom stereocenters. The van der Waals surface area contributed by atoms with Crippen molar-refractivity contribution in [3.05, 3.63) is 71.9 Å². The van der Waals surface area contributed by atoms with E-state index in [9.17, 15) is 24.6 Å². The Bertz CT molecular complexity index is 1080. The number of aliphatic hydroxyl groups excluding tert-OH is 1. The molecule has 7 N–H and O–H groups in total. The van der Waals surface area contributed by atoms with Gasteiger partial charge in [-0.15, -0.1) is 0 Å². The van der Waals surface area contributed by atoms with Crippen molar-refractivity contribution >= 4 is 28.7 Å². The summed E-state index contributed by atoms with van der Waals surface area (Å²) in [5.74, 6) is -2.65. The van der Waals surface area contributed by atoms with Crippen LogP contribution in [-0.4, -0.2) is 57.7 Å². The Morgan fingerprint density at radius 1 is 0.906 bits per heavy atom. The van der Waals surface area contributed by atoms with E-state index < -0.39 is 42.5 Å². The summed E-state index contributed by atoms with van der Waals surface area (Å²) >= 11 is 0. The summed E-state index contributed by atoms with van der Waals surface area (Å²) in [6, 6.07) is 12.9. The molecule has 9 nitrogen and oxygen atoms in total. The molecular weight excluding hydrogens is 412 g/mol. The summed E-state index contributed by atoms with van der Waals surface area (Å²) in [4.78, 5) is 39.8. The minimum atomic E-state index is -1.32. The van der Waals surface area contributed by atoms with E-state index >= 15 is 0 Å². The van der Waals surface area contributed by atoms with Gasteiger partial charge in [-0.3, -0.25) is 9.59 Å². The quantitative estimate of drug-likeness (QED) is 0.268. The lowest BCUT2D eigenvalue weighted by Crippen LogP contribution is -2.56. The number of aromatic nitrogens is 1. The predicted molar refractivity (Wildman–Crippen MR) is 119 cm³/mol. The number of rotatable bonds is 10. The third-order valence-corrected chi connectivity index (χ3v) is 5.16. The van der Waals surface area contributed by atoms with Crippen molar-refractivity contribution in [1.82, 2.24) is 15.6 Å². The number of amides is 2. The van der Waals surface area contributed by atoms with E-state index in [0.29, 0.717) is 0 Å². The number of hydrogen-bond donors (Lipinski definition) is 6. The first kappa shape index (κ1) is 23.0. The molecule has 168 valence electrons. The van der Waals surface area contributed by atoms with Gasteiger partial charge < -0.3 is 31.6 Å². The number of aliphatic hydroxyl groups is 1. The first-order chi connectivity index (χ1) is 15.4.